The number of benzene rings is 1. The number of nitrogens with one attached hydrogen (secondary N) is 1. The minimum Gasteiger partial charge on any atom is -0.465 e. The zero-order valence-corrected chi connectivity index (χ0v) is 16.2. The van der Waals surface area contributed by atoms with Crippen LogP contribution in [0.5, 0.6) is 0 Å². The van der Waals surface area contributed by atoms with E-state index in [1.54, 1.807) is 18.2 Å². The van der Waals surface area contributed by atoms with Crippen LogP contribution >= 0.6 is 11.3 Å². The molecule has 8 heteroatoms. The number of carbonyl (C=O) groups is 2. The Morgan fingerprint density at radius 1 is 1.19 bits per heavy atom. The number of esters is 2. The number of ether oxygens (including phenoxy) is 2. The third kappa shape index (κ3) is 3.90. The van der Waals surface area contributed by atoms with Gasteiger partial charge in [0.05, 0.1) is 24.2 Å². The van der Waals surface area contributed by atoms with Crippen molar-refractivity contribution < 1.29 is 19.1 Å². The van der Waals surface area contributed by atoms with Crippen LogP contribution in [-0.4, -0.2) is 35.1 Å². The molecule has 0 fully saturated rings. The monoisotopic (exact) mass is 385 g/mol. The van der Waals surface area contributed by atoms with Gasteiger partial charge in [0, 0.05) is 5.69 Å². The number of anilines is 2. The maximum atomic E-state index is 12.3. The van der Waals surface area contributed by atoms with Crippen LogP contribution in [0, 0.1) is 6.92 Å². The number of aromatic nitrogens is 2. The van der Waals surface area contributed by atoms with E-state index < -0.39 is 5.97 Å². The Hall–Kier alpha value is -3.00. The first kappa shape index (κ1) is 18.8. The van der Waals surface area contributed by atoms with Crippen molar-refractivity contribution in [3.8, 4) is 0 Å². The number of aryl methyl sites for hydroxylation is 1. The van der Waals surface area contributed by atoms with Gasteiger partial charge in [0.2, 0.25) is 0 Å². The molecule has 0 unspecified atom stereocenters. The Morgan fingerprint density at radius 2 is 1.96 bits per heavy atom. The fourth-order valence-electron chi connectivity index (χ4n) is 2.61. The first-order valence-electron chi connectivity index (χ1n) is 8.31. The summed E-state index contributed by atoms with van der Waals surface area (Å²) >= 11 is 1.27. The molecule has 0 bridgehead atoms. The lowest BCUT2D eigenvalue weighted by atomic mass is 10.1. The zero-order chi connectivity index (χ0) is 19.6. The minimum atomic E-state index is -0.420. The summed E-state index contributed by atoms with van der Waals surface area (Å²) in [6.07, 6.45) is 1.23. The minimum absolute atomic E-state index is 0.202. The van der Waals surface area contributed by atoms with Crippen LogP contribution in [0.15, 0.2) is 30.6 Å². The molecule has 2 heterocycles. The first-order chi connectivity index (χ1) is 12.9. The molecule has 27 heavy (non-hydrogen) atoms. The molecule has 140 valence electrons. The van der Waals surface area contributed by atoms with E-state index in [9.17, 15) is 9.59 Å². The number of fused-ring (bicyclic) bond motifs is 1. The van der Waals surface area contributed by atoms with Crippen LogP contribution in [0.3, 0.4) is 0 Å². The van der Waals surface area contributed by atoms with Gasteiger partial charge in [-0.25, -0.2) is 19.6 Å². The van der Waals surface area contributed by atoms with Crippen LogP contribution in [0.1, 0.15) is 39.4 Å². The number of carbonyl (C=O) groups excluding carboxylic acids is 2. The van der Waals surface area contributed by atoms with Gasteiger partial charge in [0.25, 0.3) is 0 Å². The summed E-state index contributed by atoms with van der Waals surface area (Å²) in [4.78, 5) is 33.8. The number of hydrogen-bond acceptors (Lipinski definition) is 8. The van der Waals surface area contributed by atoms with Gasteiger partial charge in [-0.05, 0) is 44.5 Å². The normalized spacial score (nSPS) is 10.9. The topological polar surface area (TPSA) is 90.4 Å². The molecular weight excluding hydrogens is 366 g/mol. The van der Waals surface area contributed by atoms with Crippen LogP contribution in [0.4, 0.5) is 11.5 Å². The van der Waals surface area contributed by atoms with E-state index in [1.807, 2.05) is 26.8 Å². The van der Waals surface area contributed by atoms with E-state index in [4.69, 9.17) is 9.47 Å². The van der Waals surface area contributed by atoms with Crippen molar-refractivity contribution in [1.82, 2.24) is 9.97 Å². The molecule has 3 aromatic rings. The lowest BCUT2D eigenvalue weighted by Crippen LogP contribution is -2.11. The van der Waals surface area contributed by atoms with Crippen LogP contribution in [0.2, 0.25) is 0 Å². The van der Waals surface area contributed by atoms with Crippen molar-refractivity contribution in [3.05, 3.63) is 46.6 Å². The fraction of sp³-hybridized carbons (Fsp3) is 0.263. The Kier molecular flexibility index (Phi) is 5.36. The van der Waals surface area contributed by atoms with Crippen molar-refractivity contribution in [1.29, 1.82) is 0 Å². The second-order valence-electron chi connectivity index (χ2n) is 6.11. The summed E-state index contributed by atoms with van der Waals surface area (Å²) in [6.45, 7) is 5.46. The number of methoxy groups -OCH3 is 1. The number of nitrogens with zero attached hydrogens (tertiary/aromatic N) is 2. The van der Waals surface area contributed by atoms with Gasteiger partial charge in [-0.2, -0.15) is 0 Å². The highest BCUT2D eigenvalue weighted by Gasteiger charge is 2.21. The predicted octanol–water partition coefficient (Wildman–Crippen LogP) is 4.10. The molecule has 0 saturated heterocycles. The third-order valence-electron chi connectivity index (χ3n) is 3.80. The Bertz CT molecular complexity index is 1010. The molecule has 0 spiro atoms. The highest BCUT2D eigenvalue weighted by Crippen LogP contribution is 2.35. The van der Waals surface area contributed by atoms with Crippen LogP contribution in [0.25, 0.3) is 10.2 Å². The molecule has 7 nitrogen and oxygen atoms in total. The lowest BCUT2D eigenvalue weighted by molar-refractivity contribution is 0.0382. The first-order valence-corrected chi connectivity index (χ1v) is 9.12. The van der Waals surface area contributed by atoms with E-state index in [-0.39, 0.29) is 12.1 Å². The molecule has 0 saturated carbocycles. The second-order valence-corrected chi connectivity index (χ2v) is 7.11. The van der Waals surface area contributed by atoms with E-state index in [0.717, 1.165) is 10.9 Å². The predicted molar refractivity (Wildman–Crippen MR) is 104 cm³/mol. The molecule has 0 atom stereocenters. The molecular formula is C19H19N3O4S. The highest BCUT2D eigenvalue weighted by molar-refractivity contribution is 7.20. The number of thiophene rings is 1. The molecule has 1 aromatic carbocycles. The van der Waals surface area contributed by atoms with Crippen molar-refractivity contribution >= 4 is 45.0 Å². The third-order valence-corrected chi connectivity index (χ3v) is 4.98. The van der Waals surface area contributed by atoms with Gasteiger partial charge in [-0.3, -0.25) is 0 Å². The largest absolute Gasteiger partial charge is 0.465 e. The summed E-state index contributed by atoms with van der Waals surface area (Å²) < 4.78 is 10.1. The fourth-order valence-corrected chi connectivity index (χ4v) is 3.64. The maximum absolute atomic E-state index is 12.3. The molecule has 3 rings (SSSR count). The number of hydrogen-bond donors (Lipinski definition) is 1. The second kappa shape index (κ2) is 7.71. The number of rotatable bonds is 5. The Balaban J connectivity index is 2.00. The maximum Gasteiger partial charge on any atom is 0.348 e. The average Bonchev–Trinajstić information content (AvgIpc) is 2.98. The van der Waals surface area contributed by atoms with E-state index in [0.29, 0.717) is 26.8 Å². The molecule has 0 radical (unpaired) electrons. The van der Waals surface area contributed by atoms with Crippen LogP contribution in [-0.2, 0) is 9.47 Å². The van der Waals surface area contributed by atoms with Gasteiger partial charge >= 0.3 is 11.9 Å². The van der Waals surface area contributed by atoms with Gasteiger partial charge in [-0.1, -0.05) is 6.07 Å². The quantitative estimate of drug-likeness (QED) is 0.661. The molecule has 0 amide bonds. The summed E-state index contributed by atoms with van der Waals surface area (Å²) in [7, 11) is 1.34. The SMILES string of the molecule is COC(=O)c1cccc(Nc2ncnc3sc(C(=O)OC(C)C)c(C)c23)c1. The molecule has 0 aliphatic heterocycles. The Morgan fingerprint density at radius 3 is 2.67 bits per heavy atom. The lowest BCUT2D eigenvalue weighted by Gasteiger charge is -2.09. The summed E-state index contributed by atoms with van der Waals surface area (Å²) in [5.74, 6) is -0.236. The average molecular weight is 385 g/mol. The molecule has 0 aliphatic rings. The van der Waals surface area contributed by atoms with Gasteiger partial charge in [0.1, 0.15) is 21.9 Å². The smallest absolute Gasteiger partial charge is 0.348 e. The van der Waals surface area contributed by atoms with E-state index in [1.165, 1.54) is 24.8 Å². The molecule has 0 aliphatic carbocycles. The Labute approximate surface area is 160 Å². The summed E-state index contributed by atoms with van der Waals surface area (Å²) in [5, 5.41) is 3.95. The van der Waals surface area contributed by atoms with Gasteiger partial charge < -0.3 is 14.8 Å². The summed E-state index contributed by atoms with van der Waals surface area (Å²) in [5.41, 5.74) is 1.86. The summed E-state index contributed by atoms with van der Waals surface area (Å²) in [6, 6.07) is 6.91. The van der Waals surface area contributed by atoms with Crippen molar-refractivity contribution in [2.75, 3.05) is 12.4 Å². The highest BCUT2D eigenvalue weighted by atomic mass is 32.1. The molecule has 1 N–H and O–H groups in total. The standard InChI is InChI=1S/C19H19N3O4S/c1-10(2)26-19(24)15-11(3)14-16(20-9-21-17(14)27-15)22-13-7-5-6-12(8-13)18(23)25-4/h5-10H,1-4H3,(H,20,21,22). The van der Waals surface area contributed by atoms with Gasteiger partial charge in [-0.15, -0.1) is 11.3 Å². The van der Waals surface area contributed by atoms with Crippen LogP contribution < -0.4 is 5.32 Å². The van der Waals surface area contributed by atoms with Crippen molar-refractivity contribution in [3.63, 3.8) is 0 Å². The zero-order valence-electron chi connectivity index (χ0n) is 15.4. The van der Waals surface area contributed by atoms with Crippen molar-refractivity contribution in [2.24, 2.45) is 0 Å². The van der Waals surface area contributed by atoms with Crippen molar-refractivity contribution in [2.45, 2.75) is 26.9 Å². The van der Waals surface area contributed by atoms with E-state index >= 15 is 0 Å². The van der Waals surface area contributed by atoms with E-state index in [2.05, 4.69) is 15.3 Å². The molecule has 2 aromatic heterocycles. The van der Waals surface area contributed by atoms with Gasteiger partial charge in [0.15, 0.2) is 0 Å².